The Bertz CT molecular complexity index is 430. The van der Waals surface area contributed by atoms with Crippen molar-refractivity contribution in [3.05, 3.63) is 23.4 Å². The minimum Gasteiger partial charge on any atom is -0.248 e. The maximum Gasteiger partial charge on any atom is 0.115 e. The Morgan fingerprint density at radius 2 is 2.35 bits per heavy atom. The van der Waals surface area contributed by atoms with Gasteiger partial charge in [-0.2, -0.15) is 5.26 Å². The van der Waals surface area contributed by atoms with Crippen molar-refractivity contribution < 1.29 is 0 Å². The summed E-state index contributed by atoms with van der Waals surface area (Å²) in [6.45, 7) is 2.25. The van der Waals surface area contributed by atoms with E-state index >= 15 is 0 Å². The fourth-order valence-corrected chi connectivity index (χ4v) is 3.84. The number of pyridine rings is 1. The van der Waals surface area contributed by atoms with Crippen LogP contribution in [-0.2, 0) is 0 Å². The zero-order chi connectivity index (χ0) is 12.3. The predicted octanol–water partition coefficient (Wildman–Crippen LogP) is 4.16. The largest absolute Gasteiger partial charge is 0.248 e. The lowest BCUT2D eigenvalue weighted by Crippen LogP contribution is -2.25. The van der Waals surface area contributed by atoms with Gasteiger partial charge in [-0.25, -0.2) is 4.98 Å². The smallest absolute Gasteiger partial charge is 0.115 e. The number of aromatic nitrogens is 1. The molecule has 1 saturated carbocycles. The van der Waals surface area contributed by atoms with Crippen molar-refractivity contribution in [1.29, 1.82) is 5.26 Å². The van der Waals surface area contributed by atoms with E-state index in [2.05, 4.69) is 18.0 Å². The average molecular weight is 267 g/mol. The fourth-order valence-electron chi connectivity index (χ4n) is 2.21. The summed E-state index contributed by atoms with van der Waals surface area (Å²) in [5.74, 6) is 0.828. The van der Waals surface area contributed by atoms with Crippen LogP contribution in [0.25, 0.3) is 0 Å². The van der Waals surface area contributed by atoms with E-state index in [0.717, 1.165) is 24.3 Å². The Labute approximate surface area is 111 Å². The maximum atomic E-state index is 9.18. The second kappa shape index (κ2) is 5.75. The highest BCUT2D eigenvalue weighted by molar-refractivity contribution is 8.00. The quantitative estimate of drug-likeness (QED) is 0.807. The molecule has 1 aliphatic rings. The van der Waals surface area contributed by atoms with E-state index in [9.17, 15) is 5.26 Å². The third kappa shape index (κ3) is 3.14. The number of halogens is 1. The molecule has 1 heterocycles. The van der Waals surface area contributed by atoms with Gasteiger partial charge in [0, 0.05) is 11.4 Å². The molecule has 17 heavy (non-hydrogen) atoms. The van der Waals surface area contributed by atoms with E-state index in [-0.39, 0.29) is 5.92 Å². The first-order valence-corrected chi connectivity index (χ1v) is 7.13. The Morgan fingerprint density at radius 1 is 1.53 bits per heavy atom. The molecular weight excluding hydrogens is 252 g/mol. The monoisotopic (exact) mass is 266 g/mol. The third-order valence-electron chi connectivity index (χ3n) is 3.21. The molecule has 0 saturated heterocycles. The number of rotatable bonds is 2. The van der Waals surface area contributed by atoms with Crippen molar-refractivity contribution in [2.75, 3.05) is 0 Å². The molecule has 1 aliphatic carbocycles. The molecule has 90 valence electrons. The Balaban J connectivity index is 2.11. The molecule has 0 radical (unpaired) electrons. The molecule has 2 rings (SSSR count). The van der Waals surface area contributed by atoms with E-state index in [1.165, 1.54) is 0 Å². The van der Waals surface area contributed by atoms with Gasteiger partial charge >= 0.3 is 0 Å². The Kier molecular flexibility index (Phi) is 4.31. The van der Waals surface area contributed by atoms with Crippen LogP contribution in [0.15, 0.2) is 23.4 Å². The van der Waals surface area contributed by atoms with E-state index < -0.39 is 0 Å². The van der Waals surface area contributed by atoms with Crippen LogP contribution in [0.1, 0.15) is 26.2 Å². The van der Waals surface area contributed by atoms with E-state index in [0.29, 0.717) is 16.2 Å². The number of hydrogen-bond donors (Lipinski definition) is 0. The Morgan fingerprint density at radius 3 is 3.06 bits per heavy atom. The summed E-state index contributed by atoms with van der Waals surface area (Å²) < 4.78 is 0. The zero-order valence-corrected chi connectivity index (χ0v) is 11.3. The molecular formula is C13H15ClN2S. The standard InChI is InChI=1S/C13H15ClN2S/c1-9-4-5-10(8-15)12(7-9)17-13-11(14)3-2-6-16-13/h2-3,6,9-10,12H,4-5,7H2,1H3. The molecule has 0 aromatic carbocycles. The number of hydrogen-bond acceptors (Lipinski definition) is 3. The van der Waals surface area contributed by atoms with Crippen LogP contribution in [0.2, 0.25) is 5.02 Å². The van der Waals surface area contributed by atoms with Crippen LogP contribution in [0.5, 0.6) is 0 Å². The van der Waals surface area contributed by atoms with E-state index in [4.69, 9.17) is 11.6 Å². The van der Waals surface area contributed by atoms with Gasteiger partial charge in [-0.3, -0.25) is 0 Å². The first-order valence-electron chi connectivity index (χ1n) is 5.87. The van der Waals surface area contributed by atoms with Crippen LogP contribution in [0.3, 0.4) is 0 Å². The van der Waals surface area contributed by atoms with Crippen LogP contribution in [0.4, 0.5) is 0 Å². The number of thioether (sulfide) groups is 1. The molecule has 4 heteroatoms. The first-order chi connectivity index (χ1) is 8.20. The molecule has 3 atom stereocenters. The highest BCUT2D eigenvalue weighted by atomic mass is 35.5. The fraction of sp³-hybridized carbons (Fsp3) is 0.538. The Hall–Kier alpha value is -0.720. The predicted molar refractivity (Wildman–Crippen MR) is 71.0 cm³/mol. The summed E-state index contributed by atoms with van der Waals surface area (Å²) in [5.41, 5.74) is 0. The lowest BCUT2D eigenvalue weighted by atomic mass is 9.83. The normalized spacial score (nSPS) is 28.6. The van der Waals surface area contributed by atoms with Gasteiger partial charge in [-0.15, -0.1) is 11.8 Å². The molecule has 1 aromatic rings. The first kappa shape index (κ1) is 12.7. The second-order valence-corrected chi connectivity index (χ2v) is 6.24. The number of nitriles is 1. The molecule has 0 spiro atoms. The van der Waals surface area contributed by atoms with E-state index in [1.807, 2.05) is 12.1 Å². The van der Waals surface area contributed by atoms with Gasteiger partial charge in [0.2, 0.25) is 0 Å². The van der Waals surface area contributed by atoms with Gasteiger partial charge in [-0.1, -0.05) is 18.5 Å². The third-order valence-corrected chi connectivity index (χ3v) is 5.00. The lowest BCUT2D eigenvalue weighted by Gasteiger charge is -2.30. The van der Waals surface area contributed by atoms with Crippen molar-refractivity contribution in [3.8, 4) is 6.07 Å². The number of nitrogens with zero attached hydrogens (tertiary/aromatic N) is 2. The van der Waals surface area contributed by atoms with Crippen molar-refractivity contribution in [2.45, 2.75) is 36.5 Å². The zero-order valence-electron chi connectivity index (χ0n) is 9.77. The summed E-state index contributed by atoms with van der Waals surface area (Å²) in [6.07, 6.45) is 4.99. The van der Waals surface area contributed by atoms with Gasteiger partial charge < -0.3 is 0 Å². The van der Waals surface area contributed by atoms with E-state index in [1.54, 1.807) is 18.0 Å². The van der Waals surface area contributed by atoms with Crippen LogP contribution in [0, 0.1) is 23.2 Å². The topological polar surface area (TPSA) is 36.7 Å². The molecule has 0 bridgehead atoms. The summed E-state index contributed by atoms with van der Waals surface area (Å²) >= 11 is 7.77. The van der Waals surface area contributed by atoms with Crippen molar-refractivity contribution in [3.63, 3.8) is 0 Å². The minimum absolute atomic E-state index is 0.134. The minimum atomic E-state index is 0.134. The molecule has 0 amide bonds. The highest BCUT2D eigenvalue weighted by Gasteiger charge is 2.30. The van der Waals surface area contributed by atoms with Crippen LogP contribution in [-0.4, -0.2) is 10.2 Å². The molecule has 1 fully saturated rings. The average Bonchev–Trinajstić information content (AvgIpc) is 2.32. The van der Waals surface area contributed by atoms with Gasteiger partial charge in [0.25, 0.3) is 0 Å². The van der Waals surface area contributed by atoms with Crippen molar-refractivity contribution in [1.82, 2.24) is 4.98 Å². The molecule has 1 aromatic heterocycles. The molecule has 0 aliphatic heterocycles. The molecule has 0 N–H and O–H groups in total. The van der Waals surface area contributed by atoms with Gasteiger partial charge in [0.1, 0.15) is 5.03 Å². The van der Waals surface area contributed by atoms with Crippen LogP contribution < -0.4 is 0 Å². The summed E-state index contributed by atoms with van der Waals surface area (Å²) in [4.78, 5) is 4.29. The lowest BCUT2D eigenvalue weighted by molar-refractivity contribution is 0.345. The van der Waals surface area contributed by atoms with Gasteiger partial charge in [0.15, 0.2) is 0 Å². The summed E-state index contributed by atoms with van der Waals surface area (Å²) in [7, 11) is 0. The molecule has 3 unspecified atom stereocenters. The second-order valence-electron chi connectivity index (χ2n) is 4.60. The van der Waals surface area contributed by atoms with Gasteiger partial charge in [-0.05, 0) is 37.3 Å². The van der Waals surface area contributed by atoms with Crippen molar-refractivity contribution in [2.24, 2.45) is 11.8 Å². The maximum absolute atomic E-state index is 9.18. The summed E-state index contributed by atoms with van der Waals surface area (Å²) in [5, 5.41) is 11.1. The van der Waals surface area contributed by atoms with Crippen molar-refractivity contribution >= 4 is 23.4 Å². The van der Waals surface area contributed by atoms with Crippen LogP contribution >= 0.6 is 23.4 Å². The SMILES string of the molecule is CC1CCC(C#N)C(Sc2ncccc2Cl)C1. The van der Waals surface area contributed by atoms with Gasteiger partial charge in [0.05, 0.1) is 17.0 Å². The molecule has 2 nitrogen and oxygen atoms in total. The summed E-state index contributed by atoms with van der Waals surface area (Å²) in [6, 6.07) is 6.11. The highest BCUT2D eigenvalue weighted by Crippen LogP contribution is 2.40.